The number of nitrogens with zero attached hydrogens (tertiary/aromatic N) is 1. The van der Waals surface area contributed by atoms with Crippen molar-refractivity contribution in [1.82, 2.24) is 20.9 Å². The van der Waals surface area contributed by atoms with Gasteiger partial charge in [0.25, 0.3) is 11.8 Å². The molecule has 0 aliphatic carbocycles. The first-order valence-electron chi connectivity index (χ1n) is 10.2. The summed E-state index contributed by atoms with van der Waals surface area (Å²) >= 11 is 0. The van der Waals surface area contributed by atoms with Crippen LogP contribution in [0.4, 0.5) is 0 Å². The molecule has 2 saturated heterocycles. The maximum Gasteiger partial charge on any atom is 0.262 e. The fraction of sp³-hybridized carbons (Fsp3) is 0.524. The molecule has 4 rings (SSSR count). The van der Waals surface area contributed by atoms with Crippen LogP contribution in [0.1, 0.15) is 52.0 Å². The number of methoxy groups -OCH3 is 1. The van der Waals surface area contributed by atoms with Crippen molar-refractivity contribution in [3.05, 3.63) is 34.9 Å². The predicted molar refractivity (Wildman–Crippen MR) is 107 cm³/mol. The zero-order chi connectivity index (χ0) is 21.3. The molecule has 0 radical (unpaired) electrons. The summed E-state index contributed by atoms with van der Waals surface area (Å²) in [6.07, 6.45) is 2.21. The van der Waals surface area contributed by atoms with Gasteiger partial charge in [0.1, 0.15) is 6.04 Å². The molecular weight excluding hydrogens is 388 g/mol. The van der Waals surface area contributed by atoms with Crippen molar-refractivity contribution in [2.45, 2.75) is 43.8 Å². The lowest BCUT2D eigenvalue weighted by atomic mass is 9.90. The van der Waals surface area contributed by atoms with Crippen LogP contribution in [0.25, 0.3) is 0 Å². The number of fused-ring (bicyclic) bond motifs is 1. The van der Waals surface area contributed by atoms with Gasteiger partial charge in [-0.1, -0.05) is 12.1 Å². The van der Waals surface area contributed by atoms with Gasteiger partial charge in [0.05, 0.1) is 23.3 Å². The Hall–Kier alpha value is -2.62. The van der Waals surface area contributed by atoms with E-state index < -0.39 is 23.8 Å². The van der Waals surface area contributed by atoms with Gasteiger partial charge in [0, 0.05) is 26.6 Å². The minimum atomic E-state index is -0.960. The summed E-state index contributed by atoms with van der Waals surface area (Å²) in [7, 11) is 1.66. The maximum atomic E-state index is 13.2. The average Bonchev–Trinajstić information content (AvgIpc) is 2.99. The molecule has 160 valence electrons. The fourth-order valence-electron chi connectivity index (χ4n) is 4.58. The molecule has 2 atom stereocenters. The van der Waals surface area contributed by atoms with Crippen LogP contribution in [0.15, 0.2) is 18.2 Å². The Bertz CT molecular complexity index is 888. The topological polar surface area (TPSA) is 117 Å². The van der Waals surface area contributed by atoms with Crippen LogP contribution >= 0.6 is 0 Å². The Morgan fingerprint density at radius 3 is 2.77 bits per heavy atom. The second-order valence-electron chi connectivity index (χ2n) is 8.13. The van der Waals surface area contributed by atoms with E-state index in [1.54, 1.807) is 19.2 Å². The SMILES string of the molecule is COCC1(NCc2cccc3c2C(=O)N(C2CCC(=O)NC2=O)C3=O)CCCNC1. The summed E-state index contributed by atoms with van der Waals surface area (Å²) in [6.45, 7) is 2.65. The molecule has 1 aromatic carbocycles. The number of carbonyl (C=O) groups is 4. The molecule has 1 aromatic rings. The Balaban J connectivity index is 1.57. The van der Waals surface area contributed by atoms with Crippen LogP contribution in [-0.4, -0.2) is 66.9 Å². The Kier molecular flexibility index (Phi) is 5.68. The summed E-state index contributed by atoms with van der Waals surface area (Å²) in [4.78, 5) is 50.8. The van der Waals surface area contributed by atoms with E-state index in [-0.39, 0.29) is 24.3 Å². The van der Waals surface area contributed by atoms with E-state index in [0.717, 1.165) is 30.8 Å². The second-order valence-corrected chi connectivity index (χ2v) is 8.13. The molecule has 4 amide bonds. The zero-order valence-corrected chi connectivity index (χ0v) is 17.0. The third kappa shape index (κ3) is 3.64. The van der Waals surface area contributed by atoms with E-state index >= 15 is 0 Å². The summed E-state index contributed by atoms with van der Waals surface area (Å²) in [5.74, 6) is -1.96. The lowest BCUT2D eigenvalue weighted by Gasteiger charge is -2.38. The molecule has 2 unspecified atom stereocenters. The van der Waals surface area contributed by atoms with Gasteiger partial charge in [-0.2, -0.15) is 0 Å². The van der Waals surface area contributed by atoms with Crippen LogP contribution < -0.4 is 16.0 Å². The van der Waals surface area contributed by atoms with Crippen molar-refractivity contribution in [2.24, 2.45) is 0 Å². The molecule has 0 spiro atoms. The van der Waals surface area contributed by atoms with Crippen molar-refractivity contribution < 1.29 is 23.9 Å². The average molecular weight is 414 g/mol. The number of imide groups is 2. The molecule has 9 heteroatoms. The quantitative estimate of drug-likeness (QED) is 0.559. The Labute approximate surface area is 174 Å². The van der Waals surface area contributed by atoms with Gasteiger partial charge in [-0.25, -0.2) is 0 Å². The van der Waals surface area contributed by atoms with Crippen LogP contribution in [0.5, 0.6) is 0 Å². The number of hydrogen-bond acceptors (Lipinski definition) is 7. The zero-order valence-electron chi connectivity index (χ0n) is 17.0. The van der Waals surface area contributed by atoms with Gasteiger partial charge >= 0.3 is 0 Å². The van der Waals surface area contributed by atoms with E-state index in [0.29, 0.717) is 29.8 Å². The monoisotopic (exact) mass is 414 g/mol. The summed E-state index contributed by atoms with van der Waals surface area (Å²) < 4.78 is 5.42. The molecule has 30 heavy (non-hydrogen) atoms. The van der Waals surface area contributed by atoms with Gasteiger partial charge in [0.15, 0.2) is 0 Å². The van der Waals surface area contributed by atoms with E-state index in [2.05, 4.69) is 16.0 Å². The number of piperidine rings is 2. The smallest absolute Gasteiger partial charge is 0.262 e. The molecule has 3 aliphatic heterocycles. The number of ether oxygens (including phenoxy) is 1. The van der Waals surface area contributed by atoms with Crippen LogP contribution in [0, 0.1) is 0 Å². The molecule has 3 heterocycles. The number of rotatable bonds is 6. The predicted octanol–water partition coefficient (Wildman–Crippen LogP) is -0.0540. The molecule has 3 aliphatic rings. The molecular formula is C21H26N4O5. The number of nitrogens with one attached hydrogen (secondary N) is 3. The summed E-state index contributed by atoms with van der Waals surface area (Å²) in [5.41, 5.74) is 1.09. The van der Waals surface area contributed by atoms with E-state index in [9.17, 15) is 19.2 Å². The van der Waals surface area contributed by atoms with Crippen molar-refractivity contribution in [3.63, 3.8) is 0 Å². The molecule has 3 N–H and O–H groups in total. The first kappa shape index (κ1) is 20.6. The molecule has 2 fully saturated rings. The van der Waals surface area contributed by atoms with Gasteiger partial charge in [-0.3, -0.25) is 29.4 Å². The van der Waals surface area contributed by atoms with E-state index in [1.165, 1.54) is 0 Å². The third-order valence-electron chi connectivity index (χ3n) is 6.10. The Morgan fingerprint density at radius 2 is 2.07 bits per heavy atom. The number of hydrogen-bond donors (Lipinski definition) is 3. The molecule has 9 nitrogen and oxygen atoms in total. The van der Waals surface area contributed by atoms with Gasteiger partial charge < -0.3 is 15.4 Å². The van der Waals surface area contributed by atoms with E-state index in [1.807, 2.05) is 6.07 Å². The summed E-state index contributed by atoms with van der Waals surface area (Å²) in [5, 5.41) is 9.13. The lowest BCUT2D eigenvalue weighted by molar-refractivity contribution is -0.136. The van der Waals surface area contributed by atoms with Crippen LogP contribution in [-0.2, 0) is 20.9 Å². The first-order valence-corrected chi connectivity index (χ1v) is 10.2. The molecule has 0 bridgehead atoms. The number of amides is 4. The third-order valence-corrected chi connectivity index (χ3v) is 6.10. The van der Waals surface area contributed by atoms with Crippen molar-refractivity contribution in [2.75, 3.05) is 26.8 Å². The van der Waals surface area contributed by atoms with Crippen molar-refractivity contribution in [3.8, 4) is 0 Å². The lowest BCUT2D eigenvalue weighted by Crippen LogP contribution is -2.58. The van der Waals surface area contributed by atoms with Gasteiger partial charge in [-0.05, 0) is 37.4 Å². The largest absolute Gasteiger partial charge is 0.383 e. The number of benzene rings is 1. The van der Waals surface area contributed by atoms with Gasteiger partial charge in [0.2, 0.25) is 11.8 Å². The van der Waals surface area contributed by atoms with Crippen molar-refractivity contribution in [1.29, 1.82) is 0 Å². The minimum absolute atomic E-state index is 0.102. The highest BCUT2D eigenvalue weighted by Crippen LogP contribution is 2.30. The second kappa shape index (κ2) is 8.25. The van der Waals surface area contributed by atoms with Crippen LogP contribution in [0.3, 0.4) is 0 Å². The highest BCUT2D eigenvalue weighted by atomic mass is 16.5. The summed E-state index contributed by atoms with van der Waals surface area (Å²) in [6, 6.07) is 4.22. The highest BCUT2D eigenvalue weighted by Gasteiger charge is 2.45. The Morgan fingerprint density at radius 1 is 1.23 bits per heavy atom. The highest BCUT2D eigenvalue weighted by molar-refractivity contribution is 6.24. The van der Waals surface area contributed by atoms with Gasteiger partial charge in [-0.15, -0.1) is 0 Å². The first-order chi connectivity index (χ1) is 14.5. The standard InChI is InChI=1S/C21H26N4O5/c1-30-12-21(8-3-9-22-11-21)23-10-13-4-2-5-14-17(13)20(29)25(19(14)28)15-6-7-16(26)24-18(15)27/h2,4-5,15,22-23H,3,6-12H2,1H3,(H,24,26,27). The molecule has 0 aromatic heterocycles. The fourth-order valence-corrected chi connectivity index (χ4v) is 4.58. The molecule has 0 saturated carbocycles. The normalized spacial score (nSPS) is 26.7. The maximum absolute atomic E-state index is 13.2. The minimum Gasteiger partial charge on any atom is -0.383 e. The number of carbonyl (C=O) groups excluding carboxylic acids is 4. The van der Waals surface area contributed by atoms with Crippen molar-refractivity contribution >= 4 is 23.6 Å². The van der Waals surface area contributed by atoms with Crippen LogP contribution in [0.2, 0.25) is 0 Å². The van der Waals surface area contributed by atoms with E-state index in [4.69, 9.17) is 4.74 Å².